The van der Waals surface area contributed by atoms with Crippen LogP contribution in [-0.2, 0) is 16.9 Å². The molecule has 1 saturated heterocycles. The fourth-order valence-electron chi connectivity index (χ4n) is 3.40. The van der Waals surface area contributed by atoms with Gasteiger partial charge in [0.1, 0.15) is 5.54 Å². The third-order valence-corrected chi connectivity index (χ3v) is 4.89. The summed E-state index contributed by atoms with van der Waals surface area (Å²) in [6, 6.07) is 17.8. The Balaban J connectivity index is 1.70. The highest BCUT2D eigenvalue weighted by Crippen LogP contribution is 2.31. The summed E-state index contributed by atoms with van der Waals surface area (Å²) in [4.78, 5) is 31.3. The van der Waals surface area contributed by atoms with Crippen LogP contribution in [0.2, 0.25) is 0 Å². The molecule has 2 heterocycles. The lowest BCUT2D eigenvalue weighted by atomic mass is 9.91. The molecule has 1 aromatic heterocycles. The van der Waals surface area contributed by atoms with Gasteiger partial charge in [-0.2, -0.15) is 5.26 Å². The third-order valence-electron chi connectivity index (χ3n) is 4.89. The predicted molar refractivity (Wildman–Crippen MR) is 99.3 cm³/mol. The molecule has 4 rings (SSSR count). The smallest absolute Gasteiger partial charge is 0.319 e. The molecule has 1 unspecified atom stereocenters. The predicted octanol–water partition coefficient (Wildman–Crippen LogP) is 3.07. The summed E-state index contributed by atoms with van der Waals surface area (Å²) >= 11 is 0. The molecule has 0 saturated carbocycles. The van der Waals surface area contributed by atoms with Gasteiger partial charge in [-0.3, -0.25) is 14.7 Å². The van der Waals surface area contributed by atoms with Gasteiger partial charge in [0.05, 0.1) is 23.7 Å². The Morgan fingerprint density at radius 2 is 1.93 bits per heavy atom. The fraction of sp³-hybridized carbons (Fsp3) is 0.143. The number of rotatable bonds is 3. The third kappa shape index (κ3) is 2.70. The first-order chi connectivity index (χ1) is 13.0. The highest BCUT2D eigenvalue weighted by atomic mass is 16.2. The molecule has 132 valence electrons. The minimum atomic E-state index is -1.21. The van der Waals surface area contributed by atoms with Gasteiger partial charge in [0.2, 0.25) is 0 Å². The van der Waals surface area contributed by atoms with Gasteiger partial charge in [-0.05, 0) is 36.2 Å². The number of fused-ring (bicyclic) bond motifs is 1. The molecule has 0 bridgehead atoms. The van der Waals surface area contributed by atoms with Gasteiger partial charge in [-0.25, -0.2) is 4.79 Å². The van der Waals surface area contributed by atoms with E-state index in [1.54, 1.807) is 37.4 Å². The number of amides is 3. The molecule has 27 heavy (non-hydrogen) atoms. The molecule has 1 aliphatic rings. The Bertz CT molecular complexity index is 1110. The lowest BCUT2D eigenvalue weighted by Crippen LogP contribution is -2.40. The van der Waals surface area contributed by atoms with Gasteiger partial charge < -0.3 is 5.32 Å². The lowest BCUT2D eigenvalue weighted by Gasteiger charge is -2.22. The summed E-state index contributed by atoms with van der Waals surface area (Å²) in [5.74, 6) is -0.351. The molecular formula is C21H16N4O2. The van der Waals surface area contributed by atoms with Crippen LogP contribution >= 0.6 is 0 Å². The summed E-state index contributed by atoms with van der Waals surface area (Å²) in [7, 11) is 0. The van der Waals surface area contributed by atoms with Gasteiger partial charge in [-0.15, -0.1) is 0 Å². The second-order valence-electron chi connectivity index (χ2n) is 6.63. The Labute approximate surface area is 156 Å². The van der Waals surface area contributed by atoms with E-state index in [-0.39, 0.29) is 12.5 Å². The van der Waals surface area contributed by atoms with Gasteiger partial charge >= 0.3 is 6.03 Å². The fourth-order valence-corrected chi connectivity index (χ4v) is 3.40. The molecule has 3 amide bonds. The van der Waals surface area contributed by atoms with Crippen LogP contribution in [0.5, 0.6) is 0 Å². The number of urea groups is 1. The standard InChI is InChI=1S/C21H16N4O2/c1-21(17-9-2-5-14(11-17)12-22)19(26)25(20(27)24-21)13-16-7-3-6-15-8-4-10-23-18(15)16/h2-11H,13H2,1H3,(H,24,27). The normalized spacial score (nSPS) is 19.2. The first-order valence-electron chi connectivity index (χ1n) is 8.50. The number of nitrogens with one attached hydrogen (secondary N) is 1. The van der Waals surface area contributed by atoms with Crippen molar-refractivity contribution in [3.63, 3.8) is 0 Å². The second kappa shape index (κ2) is 6.22. The maximum Gasteiger partial charge on any atom is 0.325 e. The van der Waals surface area contributed by atoms with Crippen LogP contribution in [0.25, 0.3) is 10.9 Å². The van der Waals surface area contributed by atoms with Crippen molar-refractivity contribution >= 4 is 22.8 Å². The molecule has 6 nitrogen and oxygen atoms in total. The number of pyridine rings is 1. The van der Waals surface area contributed by atoms with Gasteiger partial charge in [0.25, 0.3) is 5.91 Å². The number of hydrogen-bond donors (Lipinski definition) is 1. The van der Waals surface area contributed by atoms with Gasteiger partial charge in [0, 0.05) is 11.6 Å². The molecule has 1 fully saturated rings. The highest BCUT2D eigenvalue weighted by molar-refractivity contribution is 6.07. The zero-order valence-corrected chi connectivity index (χ0v) is 14.6. The summed E-state index contributed by atoms with van der Waals surface area (Å²) in [5.41, 5.74) is 1.38. The average molecular weight is 356 g/mol. The maximum absolute atomic E-state index is 13.1. The van der Waals surface area contributed by atoms with E-state index >= 15 is 0 Å². The summed E-state index contributed by atoms with van der Waals surface area (Å²) in [6.45, 7) is 1.79. The largest absolute Gasteiger partial charge is 0.325 e. The summed E-state index contributed by atoms with van der Waals surface area (Å²) in [6.07, 6.45) is 1.69. The van der Waals surface area contributed by atoms with Crippen molar-refractivity contribution in [2.24, 2.45) is 0 Å². The lowest BCUT2D eigenvalue weighted by molar-refractivity contribution is -0.131. The Hall–Kier alpha value is -3.72. The summed E-state index contributed by atoms with van der Waals surface area (Å²) in [5, 5.41) is 12.8. The molecule has 1 aliphatic heterocycles. The van der Waals surface area contributed by atoms with Crippen LogP contribution in [0, 0.1) is 11.3 Å². The van der Waals surface area contributed by atoms with Crippen molar-refractivity contribution in [1.29, 1.82) is 5.26 Å². The monoisotopic (exact) mass is 356 g/mol. The molecule has 1 atom stereocenters. The van der Waals surface area contributed by atoms with E-state index in [4.69, 9.17) is 5.26 Å². The van der Waals surface area contributed by atoms with E-state index in [1.165, 1.54) is 4.90 Å². The van der Waals surface area contributed by atoms with Crippen LogP contribution in [0.3, 0.4) is 0 Å². The molecular weight excluding hydrogens is 340 g/mol. The molecule has 3 aromatic rings. The average Bonchev–Trinajstić information content (AvgIpc) is 2.92. The van der Waals surface area contributed by atoms with E-state index in [2.05, 4.69) is 16.4 Å². The van der Waals surface area contributed by atoms with E-state index in [1.807, 2.05) is 30.3 Å². The number of nitriles is 1. The topological polar surface area (TPSA) is 86.1 Å². The number of aromatic nitrogens is 1. The zero-order chi connectivity index (χ0) is 19.0. The number of nitrogens with zero attached hydrogens (tertiary/aromatic N) is 3. The molecule has 1 N–H and O–H groups in total. The van der Waals surface area contributed by atoms with Crippen molar-refractivity contribution in [3.8, 4) is 6.07 Å². The first-order valence-corrected chi connectivity index (χ1v) is 8.50. The van der Waals surface area contributed by atoms with Crippen LogP contribution in [0.1, 0.15) is 23.6 Å². The van der Waals surface area contributed by atoms with Crippen molar-refractivity contribution < 1.29 is 9.59 Å². The number of hydrogen-bond acceptors (Lipinski definition) is 4. The second-order valence-corrected chi connectivity index (χ2v) is 6.63. The van der Waals surface area contributed by atoms with E-state index in [9.17, 15) is 9.59 Å². The minimum absolute atomic E-state index is 0.131. The van der Waals surface area contributed by atoms with Crippen molar-refractivity contribution in [3.05, 3.63) is 77.5 Å². The SMILES string of the molecule is CC1(c2cccc(C#N)c2)NC(=O)N(Cc2cccc3cccnc23)C1=O. The Morgan fingerprint density at radius 1 is 1.15 bits per heavy atom. The molecule has 2 aromatic carbocycles. The van der Waals surface area contributed by atoms with Crippen LogP contribution in [0.15, 0.2) is 60.8 Å². The molecule has 6 heteroatoms. The van der Waals surface area contributed by atoms with Crippen LogP contribution in [0.4, 0.5) is 4.79 Å². The van der Waals surface area contributed by atoms with Gasteiger partial charge in [-0.1, -0.05) is 36.4 Å². The molecule has 0 radical (unpaired) electrons. The first kappa shape index (κ1) is 16.7. The number of imide groups is 1. The maximum atomic E-state index is 13.1. The number of para-hydroxylation sites is 1. The minimum Gasteiger partial charge on any atom is -0.319 e. The van der Waals surface area contributed by atoms with Crippen LogP contribution < -0.4 is 5.32 Å². The zero-order valence-electron chi connectivity index (χ0n) is 14.6. The Morgan fingerprint density at radius 3 is 2.74 bits per heavy atom. The van der Waals surface area contributed by atoms with Crippen LogP contribution in [-0.4, -0.2) is 21.8 Å². The van der Waals surface area contributed by atoms with Gasteiger partial charge in [0.15, 0.2) is 0 Å². The summed E-state index contributed by atoms with van der Waals surface area (Å²) < 4.78 is 0. The van der Waals surface area contributed by atoms with Crippen molar-refractivity contribution in [2.45, 2.75) is 19.0 Å². The van der Waals surface area contributed by atoms with E-state index in [0.717, 1.165) is 16.5 Å². The quantitative estimate of drug-likeness (QED) is 0.731. The van der Waals surface area contributed by atoms with Crippen molar-refractivity contribution in [2.75, 3.05) is 0 Å². The van der Waals surface area contributed by atoms with E-state index in [0.29, 0.717) is 11.1 Å². The number of carbonyl (C=O) groups excluding carboxylic acids is 2. The van der Waals surface area contributed by atoms with Crippen molar-refractivity contribution in [1.82, 2.24) is 15.2 Å². The molecule has 0 spiro atoms. The number of carbonyl (C=O) groups is 2. The number of benzene rings is 2. The Kier molecular flexibility index (Phi) is 3.85. The molecule has 0 aliphatic carbocycles. The van der Waals surface area contributed by atoms with E-state index < -0.39 is 11.6 Å². The highest BCUT2D eigenvalue weighted by Gasteiger charge is 2.49.